The van der Waals surface area contributed by atoms with E-state index in [1.807, 2.05) is 30.3 Å². The van der Waals surface area contributed by atoms with Crippen LogP contribution < -0.4 is 10.5 Å². The van der Waals surface area contributed by atoms with Crippen LogP contribution in [0, 0.1) is 0 Å². The molecule has 0 saturated carbocycles. The van der Waals surface area contributed by atoms with Gasteiger partial charge in [-0.15, -0.1) is 12.4 Å². The highest BCUT2D eigenvalue weighted by atomic mass is 35.5. The summed E-state index contributed by atoms with van der Waals surface area (Å²) in [6.45, 7) is 7.58. The summed E-state index contributed by atoms with van der Waals surface area (Å²) in [5.41, 5.74) is 7.99. The standard InChI is InChI=1S/C21H28N2O3.ClH/c1-3-23(4-2)13-15-26-21(24)19-11-10-18(22)16-20(19)25-14-12-17-8-6-5-7-9-17;/h5-11,16H,3-4,12-15,22H2,1-2H3;1H. The molecule has 5 nitrogen and oxygen atoms in total. The van der Waals surface area contributed by atoms with Gasteiger partial charge in [0.1, 0.15) is 17.9 Å². The smallest absolute Gasteiger partial charge is 0.341 e. The number of carbonyl (C=O) groups excluding carboxylic acids is 1. The second-order valence-electron chi connectivity index (χ2n) is 6.00. The Kier molecular flexibility index (Phi) is 10.3. The molecule has 0 aliphatic rings. The van der Waals surface area contributed by atoms with Crippen molar-refractivity contribution >= 4 is 24.1 Å². The van der Waals surface area contributed by atoms with Crippen molar-refractivity contribution in [3.63, 3.8) is 0 Å². The number of nitrogen functional groups attached to an aromatic ring is 1. The van der Waals surface area contributed by atoms with Gasteiger partial charge in [-0.2, -0.15) is 0 Å². The van der Waals surface area contributed by atoms with Gasteiger partial charge in [-0.25, -0.2) is 4.79 Å². The van der Waals surface area contributed by atoms with Crippen LogP contribution in [0.2, 0.25) is 0 Å². The first-order valence-corrected chi connectivity index (χ1v) is 9.09. The van der Waals surface area contributed by atoms with Gasteiger partial charge >= 0.3 is 5.97 Å². The Labute approximate surface area is 167 Å². The topological polar surface area (TPSA) is 64.8 Å². The van der Waals surface area contributed by atoms with Gasteiger partial charge in [0.25, 0.3) is 0 Å². The van der Waals surface area contributed by atoms with E-state index in [1.165, 1.54) is 5.56 Å². The van der Waals surface area contributed by atoms with Crippen molar-refractivity contribution in [3.8, 4) is 5.75 Å². The van der Waals surface area contributed by atoms with Gasteiger partial charge in [-0.3, -0.25) is 0 Å². The Bertz CT molecular complexity index is 691. The summed E-state index contributed by atoms with van der Waals surface area (Å²) in [6, 6.07) is 15.1. The Hall–Kier alpha value is -2.24. The summed E-state index contributed by atoms with van der Waals surface area (Å²) in [6.07, 6.45) is 0.756. The second kappa shape index (κ2) is 12.2. The number of nitrogens with two attached hydrogens (primary N) is 1. The third-order valence-corrected chi connectivity index (χ3v) is 4.25. The molecule has 0 heterocycles. The lowest BCUT2D eigenvalue weighted by atomic mass is 10.1. The minimum Gasteiger partial charge on any atom is -0.492 e. The van der Waals surface area contributed by atoms with Crippen LogP contribution in [0.15, 0.2) is 48.5 Å². The zero-order valence-electron chi connectivity index (χ0n) is 16.0. The molecule has 2 rings (SSSR count). The zero-order chi connectivity index (χ0) is 18.8. The molecule has 0 fully saturated rings. The lowest BCUT2D eigenvalue weighted by molar-refractivity contribution is 0.0462. The molecule has 0 aromatic heterocycles. The highest BCUT2D eigenvalue weighted by Gasteiger charge is 2.15. The van der Waals surface area contributed by atoms with E-state index in [9.17, 15) is 4.79 Å². The van der Waals surface area contributed by atoms with Crippen molar-refractivity contribution < 1.29 is 14.3 Å². The Morgan fingerprint density at radius 1 is 1.04 bits per heavy atom. The van der Waals surface area contributed by atoms with Gasteiger partial charge in [0.15, 0.2) is 0 Å². The Morgan fingerprint density at radius 3 is 2.41 bits per heavy atom. The maximum atomic E-state index is 12.4. The molecule has 0 unspecified atom stereocenters. The molecule has 27 heavy (non-hydrogen) atoms. The highest BCUT2D eigenvalue weighted by Crippen LogP contribution is 2.23. The molecule has 0 spiro atoms. The van der Waals surface area contributed by atoms with E-state index in [-0.39, 0.29) is 18.4 Å². The van der Waals surface area contributed by atoms with E-state index in [0.717, 1.165) is 26.1 Å². The molecule has 2 aromatic rings. The molecule has 0 radical (unpaired) electrons. The van der Waals surface area contributed by atoms with Crippen molar-refractivity contribution in [2.45, 2.75) is 20.3 Å². The molecular weight excluding hydrogens is 364 g/mol. The van der Waals surface area contributed by atoms with Crippen molar-refractivity contribution in [3.05, 3.63) is 59.7 Å². The molecule has 0 amide bonds. The molecule has 0 atom stereocenters. The average Bonchev–Trinajstić information content (AvgIpc) is 2.66. The highest BCUT2D eigenvalue weighted by molar-refractivity contribution is 5.93. The van der Waals surface area contributed by atoms with Crippen molar-refractivity contribution in [1.29, 1.82) is 0 Å². The number of nitrogens with zero attached hydrogens (tertiary/aromatic N) is 1. The Balaban J connectivity index is 0.00000364. The molecule has 2 aromatic carbocycles. The summed E-state index contributed by atoms with van der Waals surface area (Å²) >= 11 is 0. The summed E-state index contributed by atoms with van der Waals surface area (Å²) in [5, 5.41) is 0. The van der Waals surface area contributed by atoms with E-state index in [2.05, 4.69) is 18.7 Å². The first kappa shape index (κ1) is 22.8. The van der Waals surface area contributed by atoms with Gasteiger partial charge in [0, 0.05) is 24.7 Å². The molecule has 2 N–H and O–H groups in total. The van der Waals surface area contributed by atoms with Crippen LogP contribution in [-0.2, 0) is 11.2 Å². The molecule has 148 valence electrons. The normalized spacial score (nSPS) is 10.3. The minimum absolute atomic E-state index is 0. The Morgan fingerprint density at radius 2 is 1.74 bits per heavy atom. The number of rotatable bonds is 10. The third kappa shape index (κ3) is 7.49. The minimum atomic E-state index is -0.383. The molecular formula is C21H29ClN2O3. The number of likely N-dealkylation sites (N-methyl/N-ethyl adjacent to an activating group) is 1. The SMILES string of the molecule is CCN(CC)CCOC(=O)c1ccc(N)cc1OCCc1ccccc1.Cl. The van der Waals surface area contributed by atoms with Crippen molar-refractivity contribution in [1.82, 2.24) is 4.90 Å². The number of benzene rings is 2. The first-order chi connectivity index (χ1) is 12.6. The van der Waals surface area contributed by atoms with Crippen LogP contribution in [-0.4, -0.2) is 43.7 Å². The second-order valence-corrected chi connectivity index (χ2v) is 6.00. The fourth-order valence-corrected chi connectivity index (χ4v) is 2.64. The lowest BCUT2D eigenvalue weighted by Gasteiger charge is -2.18. The van der Waals surface area contributed by atoms with Gasteiger partial charge < -0.3 is 20.1 Å². The number of esters is 1. The van der Waals surface area contributed by atoms with Crippen LogP contribution in [0.4, 0.5) is 5.69 Å². The zero-order valence-corrected chi connectivity index (χ0v) is 16.8. The lowest BCUT2D eigenvalue weighted by Crippen LogP contribution is -2.28. The fourth-order valence-electron chi connectivity index (χ4n) is 2.64. The quantitative estimate of drug-likeness (QED) is 0.492. The molecule has 0 aliphatic carbocycles. The van der Waals surface area contributed by atoms with Crippen LogP contribution >= 0.6 is 12.4 Å². The summed E-state index contributed by atoms with van der Waals surface area (Å²) in [4.78, 5) is 14.6. The van der Waals surface area contributed by atoms with E-state index in [4.69, 9.17) is 15.2 Å². The number of hydrogen-bond acceptors (Lipinski definition) is 5. The van der Waals surface area contributed by atoms with Gasteiger partial charge in [-0.1, -0.05) is 44.2 Å². The van der Waals surface area contributed by atoms with Crippen LogP contribution in [0.5, 0.6) is 5.75 Å². The maximum Gasteiger partial charge on any atom is 0.341 e. The third-order valence-electron chi connectivity index (χ3n) is 4.25. The number of halogens is 1. The average molecular weight is 393 g/mol. The maximum absolute atomic E-state index is 12.4. The molecule has 0 saturated heterocycles. The largest absolute Gasteiger partial charge is 0.492 e. The fraction of sp³-hybridized carbons (Fsp3) is 0.381. The van der Waals surface area contributed by atoms with Gasteiger partial charge in [0.2, 0.25) is 0 Å². The van der Waals surface area contributed by atoms with Crippen molar-refractivity contribution in [2.24, 2.45) is 0 Å². The number of hydrogen-bond donors (Lipinski definition) is 1. The number of ether oxygens (including phenoxy) is 2. The van der Waals surface area contributed by atoms with Crippen molar-refractivity contribution in [2.75, 3.05) is 38.6 Å². The number of anilines is 1. The van der Waals surface area contributed by atoms with Gasteiger partial charge in [0.05, 0.1) is 6.61 Å². The van der Waals surface area contributed by atoms with Crippen LogP contribution in [0.3, 0.4) is 0 Å². The predicted octanol–water partition coefficient (Wildman–Crippen LogP) is 3.81. The van der Waals surface area contributed by atoms with Crippen LogP contribution in [0.25, 0.3) is 0 Å². The van der Waals surface area contributed by atoms with E-state index >= 15 is 0 Å². The summed E-state index contributed by atoms with van der Waals surface area (Å²) in [5.74, 6) is 0.0839. The van der Waals surface area contributed by atoms with E-state index in [1.54, 1.807) is 18.2 Å². The van der Waals surface area contributed by atoms with E-state index < -0.39 is 0 Å². The van der Waals surface area contributed by atoms with Crippen LogP contribution in [0.1, 0.15) is 29.8 Å². The number of carbonyl (C=O) groups is 1. The molecule has 0 bridgehead atoms. The van der Waals surface area contributed by atoms with Gasteiger partial charge in [-0.05, 0) is 30.8 Å². The summed E-state index contributed by atoms with van der Waals surface area (Å²) in [7, 11) is 0. The molecule has 0 aliphatic heterocycles. The first-order valence-electron chi connectivity index (χ1n) is 9.09. The molecule has 6 heteroatoms. The monoisotopic (exact) mass is 392 g/mol. The predicted molar refractivity (Wildman–Crippen MR) is 112 cm³/mol. The van der Waals surface area contributed by atoms with E-state index in [0.29, 0.717) is 30.2 Å². The summed E-state index contributed by atoms with van der Waals surface area (Å²) < 4.78 is 11.2.